The molecule has 1 aliphatic rings. The van der Waals surface area contributed by atoms with Crippen LogP contribution in [0.2, 0.25) is 0 Å². The predicted octanol–water partition coefficient (Wildman–Crippen LogP) is 2.61. The molecule has 1 nitrogen and oxygen atoms in total. The number of rotatable bonds is 3. The fourth-order valence-electron chi connectivity index (χ4n) is 1.80. The van der Waals surface area contributed by atoms with Crippen molar-refractivity contribution in [2.75, 3.05) is 24.6 Å². The molecule has 0 N–H and O–H groups in total. The third-order valence-corrected chi connectivity index (χ3v) is 4.24. The summed E-state index contributed by atoms with van der Waals surface area (Å²) in [6.45, 7) is 9.62. The summed E-state index contributed by atoms with van der Waals surface area (Å²) in [5.74, 6) is 2.66. The summed E-state index contributed by atoms with van der Waals surface area (Å²) in [5.41, 5.74) is 0.473. The molecule has 0 amide bonds. The van der Waals surface area contributed by atoms with E-state index >= 15 is 0 Å². The normalized spacial score (nSPS) is 21.2. The maximum absolute atomic E-state index is 2.67. The first kappa shape index (κ1) is 10.4. The van der Waals surface area contributed by atoms with E-state index in [0.29, 0.717) is 5.54 Å². The molecule has 1 heterocycles. The highest BCUT2D eigenvalue weighted by Gasteiger charge is 2.28. The van der Waals surface area contributed by atoms with E-state index in [4.69, 9.17) is 0 Å². The molecule has 0 saturated carbocycles. The molecule has 0 aliphatic carbocycles. The van der Waals surface area contributed by atoms with Crippen LogP contribution in [0.1, 0.15) is 33.6 Å². The lowest BCUT2D eigenvalue weighted by Crippen LogP contribution is -2.49. The van der Waals surface area contributed by atoms with Crippen LogP contribution in [0.3, 0.4) is 0 Å². The van der Waals surface area contributed by atoms with Crippen LogP contribution >= 0.6 is 11.8 Å². The summed E-state index contributed by atoms with van der Waals surface area (Å²) >= 11 is 2.09. The Morgan fingerprint density at radius 1 is 1.17 bits per heavy atom. The Morgan fingerprint density at radius 3 is 2.08 bits per heavy atom. The van der Waals surface area contributed by atoms with Crippen LogP contribution in [-0.2, 0) is 0 Å². The van der Waals surface area contributed by atoms with Crippen molar-refractivity contribution in [3.8, 4) is 0 Å². The third-order valence-electron chi connectivity index (χ3n) is 3.30. The van der Waals surface area contributed by atoms with Crippen LogP contribution in [-0.4, -0.2) is 35.0 Å². The molecule has 0 atom stereocenters. The number of hydrogen-bond donors (Lipinski definition) is 0. The van der Waals surface area contributed by atoms with Gasteiger partial charge in [0.1, 0.15) is 0 Å². The van der Waals surface area contributed by atoms with Crippen molar-refractivity contribution >= 4 is 11.8 Å². The summed E-state index contributed by atoms with van der Waals surface area (Å²) in [7, 11) is 0. The van der Waals surface area contributed by atoms with Gasteiger partial charge in [0, 0.05) is 30.1 Å². The predicted molar refractivity (Wildman–Crippen MR) is 57.9 cm³/mol. The molecule has 0 radical (unpaired) electrons. The molecule has 1 saturated heterocycles. The Kier molecular flexibility index (Phi) is 3.91. The van der Waals surface area contributed by atoms with Crippen LogP contribution in [0.4, 0.5) is 0 Å². The van der Waals surface area contributed by atoms with Gasteiger partial charge in [0.05, 0.1) is 0 Å². The van der Waals surface area contributed by atoms with Gasteiger partial charge in [-0.15, -0.1) is 0 Å². The van der Waals surface area contributed by atoms with E-state index in [9.17, 15) is 0 Å². The summed E-state index contributed by atoms with van der Waals surface area (Å²) < 4.78 is 0. The SMILES string of the molecule is CCC(C)(CC)N1CCSCC1. The highest BCUT2D eigenvalue weighted by atomic mass is 32.2. The molecule has 0 aromatic rings. The summed E-state index contributed by atoms with van der Waals surface area (Å²) in [6, 6.07) is 0. The first-order chi connectivity index (χ1) is 5.73. The average Bonchev–Trinajstić information content (AvgIpc) is 2.18. The first-order valence-electron chi connectivity index (χ1n) is 5.05. The molecule has 1 fully saturated rings. The highest BCUT2D eigenvalue weighted by Crippen LogP contribution is 2.26. The molecule has 0 spiro atoms. The van der Waals surface area contributed by atoms with E-state index in [2.05, 4.69) is 37.4 Å². The van der Waals surface area contributed by atoms with Crippen molar-refractivity contribution < 1.29 is 0 Å². The van der Waals surface area contributed by atoms with Gasteiger partial charge < -0.3 is 0 Å². The quantitative estimate of drug-likeness (QED) is 0.668. The molecular formula is C10H21NS. The second-order valence-corrected chi connectivity index (χ2v) is 5.03. The smallest absolute Gasteiger partial charge is 0.0176 e. The topological polar surface area (TPSA) is 3.24 Å². The van der Waals surface area contributed by atoms with Gasteiger partial charge in [-0.1, -0.05) is 13.8 Å². The largest absolute Gasteiger partial charge is 0.296 e. The number of hydrogen-bond acceptors (Lipinski definition) is 2. The van der Waals surface area contributed by atoms with Crippen molar-refractivity contribution in [3.05, 3.63) is 0 Å². The molecule has 0 aromatic heterocycles. The van der Waals surface area contributed by atoms with Gasteiger partial charge in [-0.05, 0) is 19.8 Å². The van der Waals surface area contributed by atoms with Crippen LogP contribution in [0.25, 0.3) is 0 Å². The zero-order chi connectivity index (χ0) is 9.03. The number of thioether (sulfide) groups is 1. The van der Waals surface area contributed by atoms with Gasteiger partial charge in [-0.25, -0.2) is 0 Å². The maximum Gasteiger partial charge on any atom is 0.0176 e. The van der Waals surface area contributed by atoms with Crippen molar-refractivity contribution in [2.24, 2.45) is 0 Å². The molecule has 0 aromatic carbocycles. The van der Waals surface area contributed by atoms with Gasteiger partial charge in [0.15, 0.2) is 0 Å². The second kappa shape index (κ2) is 4.52. The van der Waals surface area contributed by atoms with Crippen LogP contribution in [0.5, 0.6) is 0 Å². The molecule has 12 heavy (non-hydrogen) atoms. The molecule has 1 aliphatic heterocycles. The lowest BCUT2D eigenvalue weighted by Gasteiger charge is -2.42. The van der Waals surface area contributed by atoms with E-state index in [1.54, 1.807) is 0 Å². The lowest BCUT2D eigenvalue weighted by molar-refractivity contribution is 0.107. The Balaban J connectivity index is 2.51. The van der Waals surface area contributed by atoms with Gasteiger partial charge in [0.2, 0.25) is 0 Å². The standard InChI is InChI=1S/C10H21NS/c1-4-10(3,5-2)11-6-8-12-9-7-11/h4-9H2,1-3H3. The van der Waals surface area contributed by atoms with Crippen LogP contribution < -0.4 is 0 Å². The lowest BCUT2D eigenvalue weighted by atomic mass is 9.93. The zero-order valence-corrected chi connectivity index (χ0v) is 9.41. The monoisotopic (exact) mass is 187 g/mol. The second-order valence-electron chi connectivity index (χ2n) is 3.80. The third kappa shape index (κ3) is 2.17. The van der Waals surface area contributed by atoms with Crippen molar-refractivity contribution in [2.45, 2.75) is 39.2 Å². The van der Waals surface area contributed by atoms with Crippen LogP contribution in [0.15, 0.2) is 0 Å². The van der Waals surface area contributed by atoms with E-state index in [1.807, 2.05) is 0 Å². The van der Waals surface area contributed by atoms with Gasteiger partial charge in [0.25, 0.3) is 0 Å². The van der Waals surface area contributed by atoms with E-state index in [1.165, 1.54) is 37.4 Å². The minimum absolute atomic E-state index is 0.473. The summed E-state index contributed by atoms with van der Waals surface area (Å²) in [5, 5.41) is 0. The summed E-state index contributed by atoms with van der Waals surface area (Å²) in [4.78, 5) is 2.67. The molecule has 72 valence electrons. The van der Waals surface area contributed by atoms with Crippen molar-refractivity contribution in [1.29, 1.82) is 0 Å². The van der Waals surface area contributed by atoms with Crippen molar-refractivity contribution in [3.63, 3.8) is 0 Å². The van der Waals surface area contributed by atoms with Gasteiger partial charge in [-0.3, -0.25) is 4.90 Å². The molecular weight excluding hydrogens is 166 g/mol. The fourth-order valence-corrected chi connectivity index (χ4v) is 2.70. The Morgan fingerprint density at radius 2 is 1.67 bits per heavy atom. The maximum atomic E-state index is 2.67. The van der Waals surface area contributed by atoms with Crippen molar-refractivity contribution in [1.82, 2.24) is 4.90 Å². The molecule has 0 unspecified atom stereocenters. The first-order valence-corrected chi connectivity index (χ1v) is 6.21. The van der Waals surface area contributed by atoms with E-state index in [-0.39, 0.29) is 0 Å². The zero-order valence-electron chi connectivity index (χ0n) is 8.60. The van der Waals surface area contributed by atoms with E-state index < -0.39 is 0 Å². The molecule has 1 rings (SSSR count). The molecule has 2 heteroatoms. The van der Waals surface area contributed by atoms with E-state index in [0.717, 1.165) is 0 Å². The Labute approximate surface area is 80.9 Å². The highest BCUT2D eigenvalue weighted by molar-refractivity contribution is 7.99. The van der Waals surface area contributed by atoms with Gasteiger partial charge in [-0.2, -0.15) is 11.8 Å². The minimum atomic E-state index is 0.473. The minimum Gasteiger partial charge on any atom is -0.296 e. The van der Waals surface area contributed by atoms with Crippen LogP contribution in [0, 0.1) is 0 Å². The average molecular weight is 187 g/mol. The van der Waals surface area contributed by atoms with Gasteiger partial charge >= 0.3 is 0 Å². The Hall–Kier alpha value is 0.310. The number of nitrogens with zero attached hydrogens (tertiary/aromatic N) is 1. The summed E-state index contributed by atoms with van der Waals surface area (Å²) in [6.07, 6.45) is 2.57. The molecule has 0 bridgehead atoms. The Bertz CT molecular complexity index is 126. The fraction of sp³-hybridized carbons (Fsp3) is 1.00.